The third-order valence-corrected chi connectivity index (χ3v) is 4.10. The molecular formula is C17H17FO2S. The number of benzene rings is 2. The largest absolute Gasteiger partial charge is 0.496 e. The van der Waals surface area contributed by atoms with Crippen molar-refractivity contribution in [3.05, 3.63) is 58.9 Å². The molecule has 2 aromatic carbocycles. The van der Waals surface area contributed by atoms with Gasteiger partial charge in [-0.2, -0.15) is 0 Å². The number of carbonyl (C=O) groups excluding carboxylic acids is 1. The van der Waals surface area contributed by atoms with E-state index in [1.165, 1.54) is 23.9 Å². The Balaban J connectivity index is 2.17. The summed E-state index contributed by atoms with van der Waals surface area (Å²) in [5.74, 6) is 0.538. The second-order valence-corrected chi connectivity index (χ2v) is 5.88. The normalized spacial score (nSPS) is 10.5. The Morgan fingerprint density at radius 3 is 2.67 bits per heavy atom. The van der Waals surface area contributed by atoms with Gasteiger partial charge >= 0.3 is 0 Å². The Morgan fingerprint density at radius 2 is 2.00 bits per heavy atom. The lowest BCUT2D eigenvalue weighted by atomic mass is 10.0. The van der Waals surface area contributed by atoms with Crippen LogP contribution in [0.15, 0.2) is 41.3 Å². The van der Waals surface area contributed by atoms with E-state index in [0.717, 1.165) is 16.0 Å². The van der Waals surface area contributed by atoms with Gasteiger partial charge in [-0.15, -0.1) is 11.8 Å². The van der Waals surface area contributed by atoms with E-state index in [4.69, 9.17) is 4.74 Å². The number of aryl methyl sites for hydroxylation is 2. The lowest BCUT2D eigenvalue weighted by Gasteiger charge is -2.12. The van der Waals surface area contributed by atoms with Crippen molar-refractivity contribution in [1.82, 2.24) is 0 Å². The van der Waals surface area contributed by atoms with E-state index in [0.29, 0.717) is 11.3 Å². The molecule has 0 saturated heterocycles. The smallest absolute Gasteiger partial charge is 0.177 e. The van der Waals surface area contributed by atoms with E-state index in [1.807, 2.05) is 26.0 Å². The molecule has 0 saturated carbocycles. The molecule has 2 rings (SSSR count). The van der Waals surface area contributed by atoms with Gasteiger partial charge in [-0.05, 0) is 49.2 Å². The Bertz CT molecular complexity index is 668. The van der Waals surface area contributed by atoms with Gasteiger partial charge in [0.1, 0.15) is 11.6 Å². The van der Waals surface area contributed by atoms with Crippen LogP contribution in [0.4, 0.5) is 4.39 Å². The zero-order valence-corrected chi connectivity index (χ0v) is 13.1. The fraction of sp³-hybridized carbons (Fsp3) is 0.235. The highest BCUT2D eigenvalue weighted by molar-refractivity contribution is 8.00. The van der Waals surface area contributed by atoms with Crippen LogP contribution < -0.4 is 4.74 Å². The van der Waals surface area contributed by atoms with Gasteiger partial charge < -0.3 is 4.74 Å². The van der Waals surface area contributed by atoms with E-state index in [1.54, 1.807) is 19.2 Å². The van der Waals surface area contributed by atoms with Crippen molar-refractivity contribution in [2.45, 2.75) is 18.7 Å². The van der Waals surface area contributed by atoms with E-state index >= 15 is 0 Å². The van der Waals surface area contributed by atoms with Crippen LogP contribution in [0.25, 0.3) is 0 Å². The first kappa shape index (κ1) is 15.6. The summed E-state index contributed by atoms with van der Waals surface area (Å²) in [7, 11) is 1.56. The molecule has 0 fully saturated rings. The van der Waals surface area contributed by atoms with Crippen LogP contribution in [0.2, 0.25) is 0 Å². The summed E-state index contributed by atoms with van der Waals surface area (Å²) in [5, 5.41) is 0. The number of halogens is 1. The van der Waals surface area contributed by atoms with Crippen LogP contribution in [0, 0.1) is 19.7 Å². The van der Waals surface area contributed by atoms with Gasteiger partial charge in [-0.25, -0.2) is 4.39 Å². The predicted molar refractivity (Wildman–Crippen MR) is 83.9 cm³/mol. The maximum absolute atomic E-state index is 13.1. The minimum atomic E-state index is -0.295. The fourth-order valence-corrected chi connectivity index (χ4v) is 3.04. The maximum Gasteiger partial charge on any atom is 0.177 e. The Kier molecular flexibility index (Phi) is 5.02. The van der Waals surface area contributed by atoms with Crippen LogP contribution in [-0.2, 0) is 0 Å². The molecule has 0 N–H and O–H groups in total. The molecule has 0 aliphatic rings. The third kappa shape index (κ3) is 3.85. The number of thioether (sulfide) groups is 1. The van der Waals surface area contributed by atoms with Crippen molar-refractivity contribution < 1.29 is 13.9 Å². The average Bonchev–Trinajstić information content (AvgIpc) is 2.44. The standard InChI is InChI=1S/C17H17FO2S/c1-11-7-12(2)17(16(8-11)20-3)15(19)10-21-14-6-4-5-13(18)9-14/h4-9H,10H2,1-3H3. The van der Waals surface area contributed by atoms with Gasteiger partial charge in [0.15, 0.2) is 5.78 Å². The molecule has 0 aliphatic heterocycles. The highest BCUT2D eigenvalue weighted by atomic mass is 32.2. The Hall–Kier alpha value is -1.81. The van der Waals surface area contributed by atoms with Gasteiger partial charge in [0.2, 0.25) is 0 Å². The van der Waals surface area contributed by atoms with Crippen LogP contribution in [-0.4, -0.2) is 18.6 Å². The first-order valence-electron chi connectivity index (χ1n) is 6.58. The second kappa shape index (κ2) is 6.76. The zero-order chi connectivity index (χ0) is 15.4. The van der Waals surface area contributed by atoms with Crippen LogP contribution >= 0.6 is 11.8 Å². The molecule has 0 bridgehead atoms. The second-order valence-electron chi connectivity index (χ2n) is 4.83. The molecule has 2 nitrogen and oxygen atoms in total. The predicted octanol–water partition coefficient (Wildman–Crippen LogP) is 4.43. The molecule has 0 aliphatic carbocycles. The molecule has 0 aromatic heterocycles. The summed E-state index contributed by atoms with van der Waals surface area (Å²) in [6.45, 7) is 3.86. The van der Waals surface area contributed by atoms with Crippen LogP contribution in [0.3, 0.4) is 0 Å². The average molecular weight is 304 g/mol. The fourth-order valence-electron chi connectivity index (χ4n) is 2.22. The Morgan fingerprint density at radius 1 is 1.24 bits per heavy atom. The van der Waals surface area contributed by atoms with Crippen LogP contribution in [0.1, 0.15) is 21.5 Å². The number of Topliss-reactive ketones (excluding diaryl/α,β-unsaturated/α-hetero) is 1. The first-order chi connectivity index (χ1) is 10.0. The Labute approximate surface area is 128 Å². The molecule has 21 heavy (non-hydrogen) atoms. The number of hydrogen-bond acceptors (Lipinski definition) is 3. The number of ketones is 1. The molecule has 0 atom stereocenters. The summed E-state index contributed by atoms with van der Waals surface area (Å²) >= 11 is 1.32. The maximum atomic E-state index is 13.1. The summed E-state index contributed by atoms with van der Waals surface area (Å²) in [4.78, 5) is 13.2. The number of hydrogen-bond donors (Lipinski definition) is 0. The van der Waals surface area contributed by atoms with Gasteiger partial charge in [0, 0.05) is 4.90 Å². The number of carbonyl (C=O) groups is 1. The van der Waals surface area contributed by atoms with E-state index in [9.17, 15) is 9.18 Å². The van der Waals surface area contributed by atoms with E-state index in [2.05, 4.69) is 0 Å². The monoisotopic (exact) mass is 304 g/mol. The van der Waals surface area contributed by atoms with E-state index in [-0.39, 0.29) is 17.4 Å². The third-order valence-electron chi connectivity index (χ3n) is 3.11. The SMILES string of the molecule is COc1cc(C)cc(C)c1C(=O)CSc1cccc(F)c1. The van der Waals surface area contributed by atoms with Crippen molar-refractivity contribution in [3.63, 3.8) is 0 Å². The highest BCUT2D eigenvalue weighted by Gasteiger charge is 2.16. The van der Waals surface area contributed by atoms with Crippen LogP contribution in [0.5, 0.6) is 5.75 Å². The van der Waals surface area contributed by atoms with Gasteiger partial charge in [0.05, 0.1) is 18.4 Å². The topological polar surface area (TPSA) is 26.3 Å². The molecule has 0 spiro atoms. The minimum Gasteiger partial charge on any atom is -0.496 e. The summed E-state index contributed by atoms with van der Waals surface area (Å²) in [6, 6.07) is 10.1. The molecule has 0 amide bonds. The quantitative estimate of drug-likeness (QED) is 0.604. The molecular weight excluding hydrogens is 287 g/mol. The van der Waals surface area contributed by atoms with Gasteiger partial charge in [0.25, 0.3) is 0 Å². The highest BCUT2D eigenvalue weighted by Crippen LogP contribution is 2.27. The van der Waals surface area contributed by atoms with Crippen molar-refractivity contribution in [2.75, 3.05) is 12.9 Å². The number of rotatable bonds is 5. The van der Waals surface area contributed by atoms with Crippen molar-refractivity contribution in [3.8, 4) is 5.75 Å². The zero-order valence-electron chi connectivity index (χ0n) is 12.3. The molecule has 0 radical (unpaired) electrons. The van der Waals surface area contributed by atoms with Crippen molar-refractivity contribution >= 4 is 17.5 Å². The molecule has 4 heteroatoms. The van der Waals surface area contributed by atoms with Crippen molar-refractivity contribution in [1.29, 1.82) is 0 Å². The number of ether oxygens (including phenoxy) is 1. The molecule has 110 valence electrons. The van der Waals surface area contributed by atoms with Gasteiger partial charge in [-0.3, -0.25) is 4.79 Å². The van der Waals surface area contributed by atoms with Crippen molar-refractivity contribution in [2.24, 2.45) is 0 Å². The summed E-state index contributed by atoms with van der Waals surface area (Å²) in [6.07, 6.45) is 0. The lowest BCUT2D eigenvalue weighted by Crippen LogP contribution is -2.08. The summed E-state index contributed by atoms with van der Waals surface area (Å²) < 4.78 is 18.4. The lowest BCUT2D eigenvalue weighted by molar-refractivity contribution is 0.101. The molecule has 0 heterocycles. The molecule has 0 unspecified atom stereocenters. The molecule has 2 aromatic rings. The first-order valence-corrected chi connectivity index (χ1v) is 7.56. The minimum absolute atomic E-state index is 0.0152. The summed E-state index contributed by atoms with van der Waals surface area (Å²) in [5.41, 5.74) is 2.56. The van der Waals surface area contributed by atoms with Gasteiger partial charge in [-0.1, -0.05) is 12.1 Å². The number of methoxy groups -OCH3 is 1. The van der Waals surface area contributed by atoms with E-state index < -0.39 is 0 Å².